The molecule has 16 heteroatoms. The maximum Gasteiger partial charge on any atom is 0.490 e. The number of aromatic nitrogens is 2. The standard InChI is InChI=1S/C25H26F3N5O3.C2HF3O2/c1-35-21-6-4-14(8-22(21)36-2)18-9-20(24(27)28)33-23(31-18)10-19(32-33)13-3-5-16(17(26)7-13)25(34)30-15-11-29-12-15;3-2(4,5)1(6)7/h3-8,10,15,18,20,24,29,31H,9,11-12H2,1-2H3,(H,30,34);(H,6,7). The lowest BCUT2D eigenvalue weighted by atomic mass is 9.97. The molecule has 5 rings (SSSR count). The minimum absolute atomic E-state index is 0.0209. The topological polar surface area (TPSA) is 127 Å². The van der Waals surface area contributed by atoms with Crippen LogP contribution in [0.1, 0.15) is 34.4 Å². The molecule has 2 aromatic carbocycles. The van der Waals surface area contributed by atoms with Crippen LogP contribution < -0.4 is 25.4 Å². The van der Waals surface area contributed by atoms with E-state index in [0.29, 0.717) is 41.7 Å². The van der Waals surface area contributed by atoms with Crippen molar-refractivity contribution in [2.24, 2.45) is 0 Å². The van der Waals surface area contributed by atoms with Gasteiger partial charge < -0.3 is 30.5 Å². The number of nitrogens with one attached hydrogen (secondary N) is 3. The van der Waals surface area contributed by atoms with Crippen molar-refractivity contribution in [3.63, 3.8) is 0 Å². The molecular weight excluding hydrogens is 588 g/mol. The van der Waals surface area contributed by atoms with Gasteiger partial charge in [0.1, 0.15) is 17.7 Å². The Kier molecular flexibility index (Phi) is 9.37. The molecule has 1 saturated heterocycles. The van der Waals surface area contributed by atoms with Crippen molar-refractivity contribution in [3.8, 4) is 22.8 Å². The van der Waals surface area contributed by atoms with Crippen molar-refractivity contribution in [2.45, 2.75) is 37.1 Å². The van der Waals surface area contributed by atoms with E-state index in [-0.39, 0.29) is 18.0 Å². The van der Waals surface area contributed by atoms with E-state index in [1.54, 1.807) is 30.3 Å². The number of amides is 1. The van der Waals surface area contributed by atoms with E-state index >= 15 is 0 Å². The Morgan fingerprint density at radius 1 is 1.07 bits per heavy atom. The number of aliphatic carboxylic acids is 1. The molecule has 3 aromatic rings. The van der Waals surface area contributed by atoms with Crippen LogP contribution in [0.2, 0.25) is 0 Å². The van der Waals surface area contributed by atoms with Crippen molar-refractivity contribution in [3.05, 3.63) is 59.4 Å². The average Bonchev–Trinajstić information content (AvgIpc) is 3.38. The van der Waals surface area contributed by atoms with E-state index in [1.165, 1.54) is 31.0 Å². The van der Waals surface area contributed by atoms with Gasteiger partial charge in [-0.2, -0.15) is 18.3 Å². The maximum atomic E-state index is 14.8. The molecule has 2 atom stereocenters. The zero-order valence-corrected chi connectivity index (χ0v) is 22.7. The summed E-state index contributed by atoms with van der Waals surface area (Å²) in [4.78, 5) is 21.2. The van der Waals surface area contributed by atoms with Crippen LogP contribution >= 0.6 is 0 Å². The number of methoxy groups -OCH3 is 2. The number of halogens is 6. The fraction of sp³-hybridized carbons (Fsp3) is 0.370. The van der Waals surface area contributed by atoms with Crippen molar-refractivity contribution in [1.82, 2.24) is 20.4 Å². The smallest absolute Gasteiger partial charge is 0.490 e. The Labute approximate surface area is 241 Å². The van der Waals surface area contributed by atoms with Crippen molar-refractivity contribution < 1.29 is 50.5 Å². The van der Waals surface area contributed by atoms with E-state index < -0.39 is 42.4 Å². The van der Waals surface area contributed by atoms with Gasteiger partial charge in [0.05, 0.1) is 37.6 Å². The first-order valence-electron chi connectivity index (χ1n) is 12.8. The number of anilines is 1. The third kappa shape index (κ3) is 7.13. The number of carboxylic acid groups (broad SMARTS) is 1. The summed E-state index contributed by atoms with van der Waals surface area (Å²) < 4.78 is 86.5. The third-order valence-corrected chi connectivity index (χ3v) is 6.82. The summed E-state index contributed by atoms with van der Waals surface area (Å²) in [5, 5.41) is 20.5. The van der Waals surface area contributed by atoms with Crippen LogP contribution in [0, 0.1) is 5.82 Å². The van der Waals surface area contributed by atoms with Gasteiger partial charge in [-0.25, -0.2) is 22.6 Å². The minimum atomic E-state index is -5.08. The number of hydrogen-bond donors (Lipinski definition) is 4. The highest BCUT2D eigenvalue weighted by atomic mass is 19.4. The number of rotatable bonds is 7. The lowest BCUT2D eigenvalue weighted by Crippen LogP contribution is -2.57. The van der Waals surface area contributed by atoms with Crippen molar-refractivity contribution >= 4 is 17.7 Å². The van der Waals surface area contributed by atoms with Crippen LogP contribution in [-0.2, 0) is 4.79 Å². The van der Waals surface area contributed by atoms with Crippen LogP contribution in [0.25, 0.3) is 11.3 Å². The number of fused-ring (bicyclic) bond motifs is 1. The summed E-state index contributed by atoms with van der Waals surface area (Å²) in [6.07, 6.45) is -7.66. The fourth-order valence-electron chi connectivity index (χ4n) is 4.49. The number of alkyl halides is 5. The lowest BCUT2D eigenvalue weighted by Gasteiger charge is -2.32. The number of carboxylic acids is 1. The van der Waals surface area contributed by atoms with Gasteiger partial charge in [0.25, 0.3) is 12.3 Å². The van der Waals surface area contributed by atoms with Gasteiger partial charge in [-0.15, -0.1) is 0 Å². The van der Waals surface area contributed by atoms with Gasteiger partial charge in [0, 0.05) is 24.7 Å². The number of carbonyl (C=O) groups is 2. The average molecular weight is 616 g/mol. The molecule has 2 unspecified atom stereocenters. The second-order valence-electron chi connectivity index (χ2n) is 9.63. The van der Waals surface area contributed by atoms with Gasteiger partial charge >= 0.3 is 12.1 Å². The highest BCUT2D eigenvalue weighted by molar-refractivity contribution is 5.95. The normalized spacial score (nSPS) is 18.0. The molecule has 232 valence electrons. The van der Waals surface area contributed by atoms with Gasteiger partial charge in [0.2, 0.25) is 0 Å². The van der Waals surface area contributed by atoms with Crippen LogP contribution in [0.15, 0.2) is 42.5 Å². The first-order valence-corrected chi connectivity index (χ1v) is 12.8. The lowest BCUT2D eigenvalue weighted by molar-refractivity contribution is -0.192. The molecule has 4 N–H and O–H groups in total. The molecule has 43 heavy (non-hydrogen) atoms. The van der Waals surface area contributed by atoms with Gasteiger partial charge in [-0.1, -0.05) is 12.1 Å². The third-order valence-electron chi connectivity index (χ3n) is 6.82. The molecule has 0 radical (unpaired) electrons. The molecule has 1 fully saturated rings. The predicted octanol–water partition coefficient (Wildman–Crippen LogP) is 4.40. The highest BCUT2D eigenvalue weighted by Crippen LogP contribution is 2.41. The second-order valence-corrected chi connectivity index (χ2v) is 9.63. The van der Waals surface area contributed by atoms with Crippen molar-refractivity contribution in [2.75, 3.05) is 32.6 Å². The van der Waals surface area contributed by atoms with Crippen molar-refractivity contribution in [1.29, 1.82) is 0 Å². The molecular formula is C27H27F6N5O5. The molecule has 0 saturated carbocycles. The molecule has 3 heterocycles. The van der Waals surface area contributed by atoms with Gasteiger partial charge in [0.15, 0.2) is 11.5 Å². The van der Waals surface area contributed by atoms with Gasteiger partial charge in [-0.05, 0) is 36.2 Å². The summed E-state index contributed by atoms with van der Waals surface area (Å²) in [7, 11) is 3.04. The van der Waals surface area contributed by atoms with E-state index in [0.717, 1.165) is 5.56 Å². The Balaban J connectivity index is 0.000000541. The van der Waals surface area contributed by atoms with E-state index in [4.69, 9.17) is 19.4 Å². The highest BCUT2D eigenvalue weighted by Gasteiger charge is 2.38. The molecule has 0 spiro atoms. The zero-order chi connectivity index (χ0) is 31.5. The van der Waals surface area contributed by atoms with E-state index in [2.05, 4.69) is 21.0 Å². The maximum absolute atomic E-state index is 14.8. The number of hydrogen-bond acceptors (Lipinski definition) is 7. The van der Waals surface area contributed by atoms with Crippen LogP contribution in [-0.4, -0.2) is 72.7 Å². The summed E-state index contributed by atoms with van der Waals surface area (Å²) in [5.74, 6) is -2.53. The molecule has 10 nitrogen and oxygen atoms in total. The molecule has 0 bridgehead atoms. The number of nitrogens with zero attached hydrogens (tertiary/aromatic N) is 2. The summed E-state index contributed by atoms with van der Waals surface area (Å²) in [6, 6.07) is 9.41. The first-order chi connectivity index (χ1) is 20.3. The minimum Gasteiger partial charge on any atom is -0.493 e. The zero-order valence-electron chi connectivity index (χ0n) is 22.7. The molecule has 1 aromatic heterocycles. The quantitative estimate of drug-likeness (QED) is 0.288. The van der Waals surface area contributed by atoms with Gasteiger partial charge in [-0.3, -0.25) is 4.79 Å². The summed E-state index contributed by atoms with van der Waals surface area (Å²) >= 11 is 0. The largest absolute Gasteiger partial charge is 0.493 e. The Morgan fingerprint density at radius 2 is 1.74 bits per heavy atom. The van der Waals surface area contributed by atoms with E-state index in [9.17, 15) is 31.1 Å². The Bertz CT molecular complexity index is 1480. The second kappa shape index (κ2) is 12.8. The number of ether oxygens (including phenoxy) is 2. The van der Waals surface area contributed by atoms with Crippen LogP contribution in [0.4, 0.5) is 32.2 Å². The monoisotopic (exact) mass is 615 g/mol. The molecule has 0 aliphatic carbocycles. The number of carbonyl (C=O) groups excluding carboxylic acids is 1. The Hall–Kier alpha value is -4.47. The Morgan fingerprint density at radius 3 is 2.28 bits per heavy atom. The SMILES string of the molecule is COc1ccc(C2CC(C(F)F)n3nc(-c4ccc(C(=O)NC5CNC5)c(F)c4)cc3N2)cc1OC.O=C(O)C(F)(F)F. The molecule has 1 amide bonds. The van der Waals surface area contributed by atoms with Crippen LogP contribution in [0.3, 0.4) is 0 Å². The van der Waals surface area contributed by atoms with Crippen LogP contribution in [0.5, 0.6) is 11.5 Å². The van der Waals surface area contributed by atoms with E-state index in [1.807, 2.05) is 0 Å². The fourth-order valence-corrected chi connectivity index (χ4v) is 4.49. The summed E-state index contributed by atoms with van der Waals surface area (Å²) in [5.41, 5.74) is 1.39. The predicted molar refractivity (Wildman–Crippen MR) is 141 cm³/mol. The molecule has 2 aliphatic heterocycles. The summed E-state index contributed by atoms with van der Waals surface area (Å²) in [6.45, 7) is 1.29. The molecule has 2 aliphatic rings. The first kappa shape index (κ1) is 31.5. The number of benzene rings is 2.